The van der Waals surface area contributed by atoms with Crippen molar-refractivity contribution >= 4 is 26.0 Å². The predicted molar refractivity (Wildman–Crippen MR) is 83.7 cm³/mol. The fraction of sp³-hybridized carbons (Fsp3) is 0.571. The SMILES string of the molecule is CS(=O)(=O)N1CCCC(COc2ccc(CBr)cc2F)C1. The summed E-state index contributed by atoms with van der Waals surface area (Å²) < 4.78 is 43.9. The van der Waals surface area contributed by atoms with Gasteiger partial charge in [0.05, 0.1) is 12.9 Å². The maximum absolute atomic E-state index is 13.8. The van der Waals surface area contributed by atoms with E-state index in [0.717, 1.165) is 18.4 Å². The van der Waals surface area contributed by atoms with Gasteiger partial charge in [0.15, 0.2) is 11.6 Å². The summed E-state index contributed by atoms with van der Waals surface area (Å²) in [5.41, 5.74) is 0.848. The van der Waals surface area contributed by atoms with E-state index in [1.54, 1.807) is 12.1 Å². The number of piperidine rings is 1. The Labute approximate surface area is 133 Å². The zero-order valence-electron chi connectivity index (χ0n) is 11.9. The summed E-state index contributed by atoms with van der Waals surface area (Å²) in [5, 5.41) is 0.593. The van der Waals surface area contributed by atoms with Crippen molar-refractivity contribution in [2.45, 2.75) is 18.2 Å². The molecular formula is C14H19BrFNO3S. The molecule has 1 saturated heterocycles. The molecule has 1 aliphatic rings. The molecule has 1 atom stereocenters. The summed E-state index contributed by atoms with van der Waals surface area (Å²) >= 11 is 3.27. The van der Waals surface area contributed by atoms with Crippen molar-refractivity contribution < 1.29 is 17.5 Å². The fourth-order valence-corrected chi connectivity index (χ4v) is 3.71. The van der Waals surface area contributed by atoms with Gasteiger partial charge in [0, 0.05) is 24.3 Å². The average Bonchev–Trinajstić information content (AvgIpc) is 2.45. The van der Waals surface area contributed by atoms with Gasteiger partial charge in [-0.25, -0.2) is 17.1 Å². The molecule has 1 aliphatic heterocycles. The van der Waals surface area contributed by atoms with Crippen LogP contribution >= 0.6 is 15.9 Å². The maximum atomic E-state index is 13.8. The molecule has 1 fully saturated rings. The Bertz CT molecular complexity index is 594. The lowest BCUT2D eigenvalue weighted by atomic mass is 10.0. The van der Waals surface area contributed by atoms with Crippen LogP contribution in [0.5, 0.6) is 5.75 Å². The molecule has 7 heteroatoms. The number of hydrogen-bond acceptors (Lipinski definition) is 3. The molecule has 1 heterocycles. The number of sulfonamides is 1. The summed E-state index contributed by atoms with van der Waals surface area (Å²) in [6, 6.07) is 4.85. The predicted octanol–water partition coefficient (Wildman–Crippen LogP) is 2.77. The van der Waals surface area contributed by atoms with Gasteiger partial charge in [-0.3, -0.25) is 0 Å². The molecular weight excluding hydrogens is 361 g/mol. The van der Waals surface area contributed by atoms with Gasteiger partial charge in [0.2, 0.25) is 10.0 Å². The number of rotatable bonds is 5. The third kappa shape index (κ3) is 4.66. The minimum atomic E-state index is -3.16. The summed E-state index contributed by atoms with van der Waals surface area (Å²) in [7, 11) is -3.16. The van der Waals surface area contributed by atoms with Crippen LogP contribution < -0.4 is 4.74 Å². The number of hydrogen-bond donors (Lipinski definition) is 0. The van der Waals surface area contributed by atoms with E-state index in [0.29, 0.717) is 25.0 Å². The smallest absolute Gasteiger partial charge is 0.211 e. The number of halogens is 2. The van der Waals surface area contributed by atoms with Crippen LogP contribution in [0.15, 0.2) is 18.2 Å². The first-order valence-electron chi connectivity index (χ1n) is 6.82. The van der Waals surface area contributed by atoms with E-state index in [2.05, 4.69) is 15.9 Å². The van der Waals surface area contributed by atoms with Crippen LogP contribution in [0.4, 0.5) is 4.39 Å². The Kier molecular flexibility index (Phi) is 5.62. The number of alkyl halides is 1. The van der Waals surface area contributed by atoms with Crippen molar-refractivity contribution in [3.05, 3.63) is 29.6 Å². The van der Waals surface area contributed by atoms with E-state index in [1.807, 2.05) is 0 Å². The molecule has 118 valence electrons. The third-order valence-electron chi connectivity index (χ3n) is 3.58. The quantitative estimate of drug-likeness (QED) is 0.738. The van der Waals surface area contributed by atoms with Crippen LogP contribution in [0.1, 0.15) is 18.4 Å². The second kappa shape index (κ2) is 7.07. The van der Waals surface area contributed by atoms with Gasteiger partial charge < -0.3 is 4.74 Å². The van der Waals surface area contributed by atoms with Gasteiger partial charge in [-0.05, 0) is 30.5 Å². The van der Waals surface area contributed by atoms with E-state index >= 15 is 0 Å². The third-order valence-corrected chi connectivity index (χ3v) is 5.49. The van der Waals surface area contributed by atoms with Crippen molar-refractivity contribution in [1.82, 2.24) is 4.31 Å². The Morgan fingerprint density at radius 2 is 2.24 bits per heavy atom. The summed E-state index contributed by atoms with van der Waals surface area (Å²) in [4.78, 5) is 0. The molecule has 0 spiro atoms. The van der Waals surface area contributed by atoms with Crippen molar-refractivity contribution in [3.63, 3.8) is 0 Å². The number of ether oxygens (including phenoxy) is 1. The first kappa shape index (κ1) is 16.7. The van der Waals surface area contributed by atoms with Crippen molar-refractivity contribution in [2.75, 3.05) is 26.0 Å². The zero-order chi connectivity index (χ0) is 15.5. The second-order valence-electron chi connectivity index (χ2n) is 5.34. The molecule has 0 amide bonds. The topological polar surface area (TPSA) is 46.6 Å². The molecule has 0 aliphatic carbocycles. The fourth-order valence-electron chi connectivity index (χ4n) is 2.42. The number of nitrogens with zero attached hydrogens (tertiary/aromatic N) is 1. The lowest BCUT2D eigenvalue weighted by Crippen LogP contribution is -2.40. The van der Waals surface area contributed by atoms with Crippen LogP contribution in [0.25, 0.3) is 0 Å². The highest BCUT2D eigenvalue weighted by molar-refractivity contribution is 9.08. The molecule has 1 unspecified atom stereocenters. The van der Waals surface area contributed by atoms with Crippen molar-refractivity contribution in [2.24, 2.45) is 5.92 Å². The normalized spacial score (nSPS) is 20.4. The van der Waals surface area contributed by atoms with Gasteiger partial charge >= 0.3 is 0 Å². The minimum Gasteiger partial charge on any atom is -0.490 e. The van der Waals surface area contributed by atoms with Gasteiger partial charge in [-0.15, -0.1) is 0 Å². The van der Waals surface area contributed by atoms with E-state index in [4.69, 9.17) is 4.74 Å². The Hall–Kier alpha value is -0.660. The monoisotopic (exact) mass is 379 g/mol. The maximum Gasteiger partial charge on any atom is 0.211 e. The highest BCUT2D eigenvalue weighted by Crippen LogP contribution is 2.23. The molecule has 21 heavy (non-hydrogen) atoms. The van der Waals surface area contributed by atoms with Gasteiger partial charge in [-0.1, -0.05) is 22.0 Å². The summed E-state index contributed by atoms with van der Waals surface area (Å²) in [5.74, 6) is -0.0670. The molecule has 0 bridgehead atoms. The molecule has 0 saturated carbocycles. The van der Waals surface area contributed by atoms with Crippen LogP contribution in [0, 0.1) is 11.7 Å². The Balaban J connectivity index is 1.94. The molecule has 1 aromatic rings. The molecule has 4 nitrogen and oxygen atoms in total. The lowest BCUT2D eigenvalue weighted by molar-refractivity contribution is 0.176. The van der Waals surface area contributed by atoms with E-state index < -0.39 is 10.0 Å². The Morgan fingerprint density at radius 3 is 2.86 bits per heavy atom. The van der Waals surface area contributed by atoms with Gasteiger partial charge in [-0.2, -0.15) is 0 Å². The lowest BCUT2D eigenvalue weighted by Gasteiger charge is -2.30. The highest BCUT2D eigenvalue weighted by atomic mass is 79.9. The largest absolute Gasteiger partial charge is 0.490 e. The van der Waals surface area contributed by atoms with E-state index in [9.17, 15) is 12.8 Å². The second-order valence-corrected chi connectivity index (χ2v) is 7.88. The summed E-state index contributed by atoms with van der Waals surface area (Å²) in [6.45, 7) is 1.33. The molecule has 0 aromatic heterocycles. The molecule has 0 N–H and O–H groups in total. The van der Waals surface area contributed by atoms with E-state index in [-0.39, 0.29) is 17.5 Å². The first-order valence-corrected chi connectivity index (χ1v) is 9.79. The van der Waals surface area contributed by atoms with Crippen molar-refractivity contribution in [3.8, 4) is 5.75 Å². The standard InChI is InChI=1S/C14H19BrFNO3S/c1-21(18,19)17-6-2-3-12(9-17)10-20-14-5-4-11(8-15)7-13(14)16/h4-5,7,12H,2-3,6,8-10H2,1H3. The van der Waals surface area contributed by atoms with Crippen LogP contribution in [-0.4, -0.2) is 38.7 Å². The van der Waals surface area contributed by atoms with Gasteiger partial charge in [0.1, 0.15) is 0 Å². The molecule has 1 aromatic carbocycles. The first-order chi connectivity index (χ1) is 9.90. The highest BCUT2D eigenvalue weighted by Gasteiger charge is 2.26. The summed E-state index contributed by atoms with van der Waals surface area (Å²) in [6.07, 6.45) is 2.92. The number of benzene rings is 1. The van der Waals surface area contributed by atoms with Crippen LogP contribution in [0.3, 0.4) is 0 Å². The van der Waals surface area contributed by atoms with Gasteiger partial charge in [0.25, 0.3) is 0 Å². The molecule has 0 radical (unpaired) electrons. The van der Waals surface area contributed by atoms with Crippen LogP contribution in [-0.2, 0) is 15.4 Å². The van der Waals surface area contributed by atoms with Crippen molar-refractivity contribution in [1.29, 1.82) is 0 Å². The minimum absolute atomic E-state index is 0.101. The Morgan fingerprint density at radius 1 is 1.48 bits per heavy atom. The van der Waals surface area contributed by atoms with E-state index in [1.165, 1.54) is 16.6 Å². The average molecular weight is 380 g/mol. The van der Waals surface area contributed by atoms with Crippen LogP contribution in [0.2, 0.25) is 0 Å². The molecule has 2 rings (SSSR count). The zero-order valence-corrected chi connectivity index (χ0v) is 14.3.